The largest absolute Gasteiger partial charge is 0.492 e. The summed E-state index contributed by atoms with van der Waals surface area (Å²) in [6, 6.07) is 22.0. The Hall–Kier alpha value is -3.32. The van der Waals surface area contributed by atoms with Crippen LogP contribution >= 0.6 is 0 Å². The SMILES string of the molecule is CC(C)COc1ccccc1C(=O)Nc1ccc(S(=O)(=O)N(C)c2ccccc2)cc1. The van der Waals surface area contributed by atoms with E-state index >= 15 is 0 Å². The average molecular weight is 439 g/mol. The third-order valence-electron chi connectivity index (χ3n) is 4.59. The van der Waals surface area contributed by atoms with Gasteiger partial charge in [-0.1, -0.05) is 44.2 Å². The summed E-state index contributed by atoms with van der Waals surface area (Å²) in [5, 5.41) is 2.80. The lowest BCUT2D eigenvalue weighted by Gasteiger charge is -2.19. The molecule has 3 aromatic rings. The number of anilines is 2. The van der Waals surface area contributed by atoms with E-state index in [4.69, 9.17) is 4.74 Å². The summed E-state index contributed by atoms with van der Waals surface area (Å²) in [5.41, 5.74) is 1.48. The van der Waals surface area contributed by atoms with Crippen LogP contribution in [0, 0.1) is 5.92 Å². The molecule has 0 aromatic heterocycles. The molecule has 31 heavy (non-hydrogen) atoms. The molecule has 1 N–H and O–H groups in total. The molecule has 0 aliphatic rings. The molecule has 7 heteroatoms. The van der Waals surface area contributed by atoms with E-state index in [1.807, 2.05) is 26.0 Å². The van der Waals surface area contributed by atoms with Crippen molar-refractivity contribution in [1.82, 2.24) is 0 Å². The number of rotatable bonds is 8. The minimum absolute atomic E-state index is 0.137. The Labute approximate surface area is 183 Å². The molecule has 0 fully saturated rings. The van der Waals surface area contributed by atoms with Crippen molar-refractivity contribution in [3.05, 3.63) is 84.4 Å². The van der Waals surface area contributed by atoms with Gasteiger partial charge < -0.3 is 10.1 Å². The second-order valence-electron chi connectivity index (χ2n) is 7.49. The zero-order valence-electron chi connectivity index (χ0n) is 17.8. The number of nitrogens with one attached hydrogen (secondary N) is 1. The van der Waals surface area contributed by atoms with E-state index < -0.39 is 10.0 Å². The minimum atomic E-state index is -3.71. The topological polar surface area (TPSA) is 75.7 Å². The number of ether oxygens (including phenoxy) is 1. The van der Waals surface area contributed by atoms with Gasteiger partial charge in [0.2, 0.25) is 0 Å². The van der Waals surface area contributed by atoms with Crippen molar-refractivity contribution in [1.29, 1.82) is 0 Å². The van der Waals surface area contributed by atoms with E-state index in [0.29, 0.717) is 35.2 Å². The molecule has 1 amide bonds. The van der Waals surface area contributed by atoms with Gasteiger partial charge in [-0.2, -0.15) is 0 Å². The minimum Gasteiger partial charge on any atom is -0.492 e. The molecule has 0 saturated heterocycles. The summed E-state index contributed by atoms with van der Waals surface area (Å²) in [5.74, 6) is 0.522. The van der Waals surface area contributed by atoms with Crippen molar-refractivity contribution in [3.8, 4) is 5.75 Å². The predicted octanol–water partition coefficient (Wildman–Crippen LogP) is 4.80. The second-order valence-corrected chi connectivity index (χ2v) is 9.46. The van der Waals surface area contributed by atoms with Gasteiger partial charge in [0.1, 0.15) is 5.75 Å². The Kier molecular flexibility index (Phi) is 6.97. The fourth-order valence-corrected chi connectivity index (χ4v) is 4.08. The van der Waals surface area contributed by atoms with Gasteiger partial charge in [-0.05, 0) is 54.4 Å². The molecule has 0 spiro atoms. The van der Waals surface area contributed by atoms with E-state index in [0.717, 1.165) is 0 Å². The van der Waals surface area contributed by atoms with Gasteiger partial charge >= 0.3 is 0 Å². The maximum atomic E-state index is 12.9. The number of nitrogens with zero attached hydrogens (tertiary/aromatic N) is 1. The standard InChI is InChI=1S/C24H26N2O4S/c1-18(2)17-30-23-12-8-7-11-22(23)24(27)25-19-13-15-21(16-14-19)31(28,29)26(3)20-9-5-4-6-10-20/h4-16,18H,17H2,1-3H3,(H,25,27). The summed E-state index contributed by atoms with van der Waals surface area (Å²) in [6.45, 7) is 4.58. The van der Waals surface area contributed by atoms with Crippen molar-refractivity contribution in [3.63, 3.8) is 0 Å². The molecular formula is C24H26N2O4S. The highest BCUT2D eigenvalue weighted by Crippen LogP contribution is 2.24. The Morgan fingerprint density at radius 1 is 0.935 bits per heavy atom. The Morgan fingerprint density at radius 3 is 2.19 bits per heavy atom. The van der Waals surface area contributed by atoms with Crippen molar-refractivity contribution in [2.45, 2.75) is 18.7 Å². The molecule has 6 nitrogen and oxygen atoms in total. The van der Waals surface area contributed by atoms with E-state index in [2.05, 4.69) is 5.32 Å². The molecule has 0 bridgehead atoms. The molecule has 162 valence electrons. The third kappa shape index (κ3) is 5.44. The maximum Gasteiger partial charge on any atom is 0.264 e. The van der Waals surface area contributed by atoms with Crippen LogP contribution in [0.1, 0.15) is 24.2 Å². The Bertz CT molecular complexity index is 1130. The first-order valence-corrected chi connectivity index (χ1v) is 11.4. The fourth-order valence-electron chi connectivity index (χ4n) is 2.88. The van der Waals surface area contributed by atoms with Gasteiger partial charge in [-0.15, -0.1) is 0 Å². The van der Waals surface area contributed by atoms with Gasteiger partial charge in [0, 0.05) is 12.7 Å². The zero-order valence-corrected chi connectivity index (χ0v) is 18.6. The van der Waals surface area contributed by atoms with E-state index in [9.17, 15) is 13.2 Å². The van der Waals surface area contributed by atoms with Crippen molar-refractivity contribution in [2.24, 2.45) is 5.92 Å². The summed E-state index contributed by atoms with van der Waals surface area (Å²) < 4.78 is 32.7. The highest BCUT2D eigenvalue weighted by atomic mass is 32.2. The van der Waals surface area contributed by atoms with Crippen LogP contribution in [0.4, 0.5) is 11.4 Å². The van der Waals surface area contributed by atoms with Crippen molar-refractivity contribution >= 4 is 27.3 Å². The third-order valence-corrected chi connectivity index (χ3v) is 6.39. The second kappa shape index (κ2) is 9.66. The van der Waals surface area contributed by atoms with Gasteiger partial charge in [-0.25, -0.2) is 8.42 Å². The summed E-state index contributed by atoms with van der Waals surface area (Å²) in [7, 11) is -2.20. The number of para-hydroxylation sites is 2. The lowest BCUT2D eigenvalue weighted by Crippen LogP contribution is -2.26. The van der Waals surface area contributed by atoms with E-state index in [1.165, 1.54) is 23.5 Å². The van der Waals surface area contributed by atoms with Crippen LogP contribution in [0.2, 0.25) is 0 Å². The molecule has 0 atom stereocenters. The number of hydrogen-bond acceptors (Lipinski definition) is 4. The number of sulfonamides is 1. The van der Waals surface area contributed by atoms with Crippen LogP contribution in [0.3, 0.4) is 0 Å². The van der Waals surface area contributed by atoms with Gasteiger partial charge in [0.15, 0.2) is 0 Å². The number of hydrogen-bond donors (Lipinski definition) is 1. The lowest BCUT2D eigenvalue weighted by molar-refractivity contribution is 0.102. The Balaban J connectivity index is 1.75. The van der Waals surface area contributed by atoms with Crippen molar-refractivity contribution in [2.75, 3.05) is 23.3 Å². The molecule has 0 saturated carbocycles. The lowest BCUT2D eigenvalue weighted by atomic mass is 10.1. The van der Waals surface area contributed by atoms with Crippen LogP contribution < -0.4 is 14.4 Å². The van der Waals surface area contributed by atoms with E-state index in [1.54, 1.807) is 54.6 Å². The van der Waals surface area contributed by atoms with Crippen LogP contribution in [0.15, 0.2) is 83.8 Å². The summed E-state index contributed by atoms with van der Waals surface area (Å²) >= 11 is 0. The van der Waals surface area contributed by atoms with Crippen molar-refractivity contribution < 1.29 is 17.9 Å². The molecule has 0 aliphatic carbocycles. The fraction of sp³-hybridized carbons (Fsp3) is 0.208. The molecule has 0 radical (unpaired) electrons. The molecule has 0 unspecified atom stereocenters. The van der Waals surface area contributed by atoms with Crippen LogP contribution in [-0.2, 0) is 10.0 Å². The zero-order chi connectivity index (χ0) is 22.4. The highest BCUT2D eigenvalue weighted by Gasteiger charge is 2.21. The first-order valence-electron chi connectivity index (χ1n) is 9.96. The van der Waals surface area contributed by atoms with Gasteiger partial charge in [-0.3, -0.25) is 9.10 Å². The smallest absolute Gasteiger partial charge is 0.264 e. The molecule has 0 heterocycles. The molecular weight excluding hydrogens is 412 g/mol. The quantitative estimate of drug-likeness (QED) is 0.548. The molecule has 0 aliphatic heterocycles. The van der Waals surface area contributed by atoms with Crippen LogP contribution in [0.5, 0.6) is 5.75 Å². The first kappa shape index (κ1) is 22.4. The van der Waals surface area contributed by atoms with Crippen LogP contribution in [-0.4, -0.2) is 28.0 Å². The van der Waals surface area contributed by atoms with Crippen LogP contribution in [0.25, 0.3) is 0 Å². The predicted molar refractivity (Wildman–Crippen MR) is 123 cm³/mol. The monoisotopic (exact) mass is 438 g/mol. The number of benzene rings is 3. The number of carbonyl (C=O) groups is 1. The normalized spacial score (nSPS) is 11.2. The average Bonchev–Trinajstić information content (AvgIpc) is 2.78. The summed E-state index contributed by atoms with van der Waals surface area (Å²) in [6.07, 6.45) is 0. The van der Waals surface area contributed by atoms with Gasteiger partial charge in [0.05, 0.1) is 22.8 Å². The first-order chi connectivity index (χ1) is 14.8. The Morgan fingerprint density at radius 2 is 1.55 bits per heavy atom. The van der Waals surface area contributed by atoms with Gasteiger partial charge in [0.25, 0.3) is 15.9 Å². The molecule has 3 rings (SSSR count). The molecule has 3 aromatic carbocycles. The number of carbonyl (C=O) groups excluding carboxylic acids is 1. The van der Waals surface area contributed by atoms with E-state index in [-0.39, 0.29) is 10.8 Å². The maximum absolute atomic E-state index is 12.9. The summed E-state index contributed by atoms with van der Waals surface area (Å²) in [4.78, 5) is 12.9. The number of amides is 1. The highest BCUT2D eigenvalue weighted by molar-refractivity contribution is 7.92.